The molecule has 1 aliphatic rings. The molecule has 29 heavy (non-hydrogen) atoms. The van der Waals surface area contributed by atoms with Gasteiger partial charge in [0.1, 0.15) is 0 Å². The highest BCUT2D eigenvalue weighted by molar-refractivity contribution is 7.89. The van der Waals surface area contributed by atoms with Crippen molar-refractivity contribution in [2.24, 2.45) is 0 Å². The number of rotatable bonds is 8. The van der Waals surface area contributed by atoms with Crippen molar-refractivity contribution in [2.75, 3.05) is 45.8 Å². The minimum absolute atomic E-state index is 0.00778. The van der Waals surface area contributed by atoms with E-state index in [9.17, 15) is 13.2 Å². The first-order valence-corrected chi connectivity index (χ1v) is 11.7. The summed E-state index contributed by atoms with van der Waals surface area (Å²) in [6.45, 7) is 13.8. The number of sulfonamides is 1. The van der Waals surface area contributed by atoms with Crippen LogP contribution in [0, 0.1) is 13.8 Å². The van der Waals surface area contributed by atoms with Crippen molar-refractivity contribution in [3.8, 4) is 0 Å². The fourth-order valence-corrected chi connectivity index (χ4v) is 5.02. The number of carbonyl (C=O) groups is 1. The Morgan fingerprint density at radius 2 is 1.72 bits per heavy atom. The first kappa shape index (κ1) is 23.8. The molecule has 0 bridgehead atoms. The first-order valence-electron chi connectivity index (χ1n) is 10.3. The van der Waals surface area contributed by atoms with Gasteiger partial charge in [-0.2, -0.15) is 4.31 Å². The Balaban J connectivity index is 1.77. The Kier molecular flexibility index (Phi) is 8.22. The highest BCUT2D eigenvalue weighted by atomic mass is 32.2. The normalized spacial score (nSPS) is 16.7. The van der Waals surface area contributed by atoms with Crippen LogP contribution in [-0.4, -0.2) is 74.9 Å². The fraction of sp³-hybridized carbons (Fsp3) is 0.667. The molecule has 0 saturated carbocycles. The second kappa shape index (κ2) is 10.0. The van der Waals surface area contributed by atoms with Gasteiger partial charge < -0.3 is 10.6 Å². The largest absolute Gasteiger partial charge is 0.355 e. The van der Waals surface area contributed by atoms with Gasteiger partial charge in [-0.3, -0.25) is 9.69 Å². The van der Waals surface area contributed by atoms with Crippen LogP contribution in [0.25, 0.3) is 0 Å². The number of hydrogen-bond donors (Lipinski definition) is 2. The molecule has 164 valence electrons. The molecule has 1 aromatic carbocycles. The maximum Gasteiger partial charge on any atom is 0.243 e. The zero-order valence-electron chi connectivity index (χ0n) is 18.4. The first-order chi connectivity index (χ1) is 13.5. The number of hydrogen-bond acceptors (Lipinski definition) is 5. The van der Waals surface area contributed by atoms with Crippen molar-refractivity contribution < 1.29 is 13.2 Å². The van der Waals surface area contributed by atoms with Crippen molar-refractivity contribution in [1.82, 2.24) is 19.8 Å². The fourth-order valence-electron chi connectivity index (χ4n) is 3.29. The molecule has 0 radical (unpaired) electrons. The maximum atomic E-state index is 13.0. The standard InChI is InChI=1S/C21H36N4O3S/c1-17-7-8-18(2)19(15-17)29(27,28)25-13-11-24(12-14-25)16-20(26)22-9-6-10-23-21(3,4)5/h7-8,15,23H,6,9-14,16H2,1-5H3,(H,22,26). The molecule has 1 aromatic rings. The minimum Gasteiger partial charge on any atom is -0.355 e. The summed E-state index contributed by atoms with van der Waals surface area (Å²) in [5.41, 5.74) is 1.78. The SMILES string of the molecule is Cc1ccc(C)c(S(=O)(=O)N2CCN(CC(=O)NCCCNC(C)(C)C)CC2)c1. The zero-order valence-corrected chi connectivity index (χ0v) is 19.2. The number of piperazine rings is 1. The zero-order chi connectivity index (χ0) is 21.7. The van der Waals surface area contributed by atoms with E-state index < -0.39 is 10.0 Å². The van der Waals surface area contributed by atoms with E-state index in [1.54, 1.807) is 6.07 Å². The third kappa shape index (κ3) is 7.37. The van der Waals surface area contributed by atoms with Crippen LogP contribution in [0.4, 0.5) is 0 Å². The van der Waals surface area contributed by atoms with E-state index in [2.05, 4.69) is 31.4 Å². The summed E-state index contributed by atoms with van der Waals surface area (Å²) in [7, 11) is -3.50. The molecule has 0 aliphatic carbocycles. The van der Waals surface area contributed by atoms with E-state index in [0.717, 1.165) is 24.1 Å². The molecular formula is C21H36N4O3S. The maximum absolute atomic E-state index is 13.0. The Bertz CT molecular complexity index is 795. The Hall–Kier alpha value is -1.48. The van der Waals surface area contributed by atoms with Crippen LogP contribution >= 0.6 is 0 Å². The number of benzene rings is 1. The minimum atomic E-state index is -3.50. The van der Waals surface area contributed by atoms with E-state index in [-0.39, 0.29) is 11.4 Å². The third-order valence-electron chi connectivity index (χ3n) is 4.99. The predicted molar refractivity (Wildman–Crippen MR) is 116 cm³/mol. The lowest BCUT2D eigenvalue weighted by Crippen LogP contribution is -2.51. The van der Waals surface area contributed by atoms with Gasteiger partial charge in [0.05, 0.1) is 11.4 Å². The molecule has 1 aliphatic heterocycles. The summed E-state index contributed by atoms with van der Waals surface area (Å²) >= 11 is 0. The molecule has 1 heterocycles. The summed E-state index contributed by atoms with van der Waals surface area (Å²) in [6, 6.07) is 5.50. The van der Waals surface area contributed by atoms with Crippen molar-refractivity contribution >= 4 is 15.9 Å². The summed E-state index contributed by atoms with van der Waals surface area (Å²) < 4.78 is 27.5. The van der Waals surface area contributed by atoms with Crippen LogP contribution in [-0.2, 0) is 14.8 Å². The average molecular weight is 425 g/mol. The molecule has 0 atom stereocenters. The molecule has 2 N–H and O–H groups in total. The third-order valence-corrected chi connectivity index (χ3v) is 7.03. The second-order valence-corrected chi connectivity index (χ2v) is 10.7. The smallest absolute Gasteiger partial charge is 0.243 e. The van der Waals surface area contributed by atoms with Crippen LogP contribution in [0.1, 0.15) is 38.3 Å². The molecule has 0 spiro atoms. The predicted octanol–water partition coefficient (Wildman–Crippen LogP) is 1.50. The van der Waals surface area contributed by atoms with Crippen LogP contribution in [0.2, 0.25) is 0 Å². The molecule has 8 heteroatoms. The lowest BCUT2D eigenvalue weighted by molar-refractivity contribution is -0.122. The Morgan fingerprint density at radius 3 is 2.34 bits per heavy atom. The molecule has 7 nitrogen and oxygen atoms in total. The van der Waals surface area contributed by atoms with Gasteiger partial charge in [0, 0.05) is 38.3 Å². The molecular weight excluding hydrogens is 388 g/mol. The Morgan fingerprint density at radius 1 is 1.07 bits per heavy atom. The van der Waals surface area contributed by atoms with E-state index in [0.29, 0.717) is 44.2 Å². The molecule has 0 unspecified atom stereocenters. The van der Waals surface area contributed by atoms with Crippen molar-refractivity contribution in [3.05, 3.63) is 29.3 Å². The van der Waals surface area contributed by atoms with Gasteiger partial charge in [-0.1, -0.05) is 12.1 Å². The van der Waals surface area contributed by atoms with Gasteiger partial charge in [-0.15, -0.1) is 0 Å². The topological polar surface area (TPSA) is 81.8 Å². The van der Waals surface area contributed by atoms with Crippen LogP contribution in [0.3, 0.4) is 0 Å². The van der Waals surface area contributed by atoms with Crippen LogP contribution in [0.5, 0.6) is 0 Å². The van der Waals surface area contributed by atoms with Crippen molar-refractivity contribution in [1.29, 1.82) is 0 Å². The Labute approximate surface area is 175 Å². The lowest BCUT2D eigenvalue weighted by atomic mass is 10.1. The molecule has 1 amide bonds. The van der Waals surface area contributed by atoms with Crippen LogP contribution < -0.4 is 10.6 Å². The summed E-state index contributed by atoms with van der Waals surface area (Å²) in [5, 5.41) is 6.34. The van der Waals surface area contributed by atoms with Gasteiger partial charge >= 0.3 is 0 Å². The highest BCUT2D eigenvalue weighted by Gasteiger charge is 2.30. The summed E-state index contributed by atoms with van der Waals surface area (Å²) in [4.78, 5) is 14.5. The second-order valence-electron chi connectivity index (χ2n) is 8.83. The van der Waals surface area contributed by atoms with Gasteiger partial charge in [0.25, 0.3) is 0 Å². The van der Waals surface area contributed by atoms with E-state index in [4.69, 9.17) is 0 Å². The van der Waals surface area contributed by atoms with Gasteiger partial charge in [-0.05, 0) is 64.8 Å². The van der Waals surface area contributed by atoms with Crippen molar-refractivity contribution in [2.45, 2.75) is 51.5 Å². The lowest BCUT2D eigenvalue weighted by Gasteiger charge is -2.33. The van der Waals surface area contributed by atoms with E-state index >= 15 is 0 Å². The molecule has 1 fully saturated rings. The van der Waals surface area contributed by atoms with Crippen LogP contribution in [0.15, 0.2) is 23.1 Å². The average Bonchev–Trinajstić information content (AvgIpc) is 2.63. The summed E-state index contributed by atoms with van der Waals surface area (Å²) in [6.07, 6.45) is 0.880. The highest BCUT2D eigenvalue weighted by Crippen LogP contribution is 2.22. The quantitative estimate of drug-likeness (QED) is 0.618. The number of aryl methyl sites for hydroxylation is 2. The van der Waals surface area contributed by atoms with Gasteiger partial charge in [0.15, 0.2) is 0 Å². The van der Waals surface area contributed by atoms with Gasteiger partial charge in [0.2, 0.25) is 15.9 Å². The van der Waals surface area contributed by atoms with E-state index in [1.807, 2.05) is 30.9 Å². The molecule has 1 saturated heterocycles. The number of nitrogens with one attached hydrogen (secondary N) is 2. The summed E-state index contributed by atoms with van der Waals surface area (Å²) in [5.74, 6) is -0.00778. The van der Waals surface area contributed by atoms with Gasteiger partial charge in [-0.25, -0.2) is 8.42 Å². The number of carbonyl (C=O) groups excluding carboxylic acids is 1. The van der Waals surface area contributed by atoms with Crippen molar-refractivity contribution in [3.63, 3.8) is 0 Å². The number of amides is 1. The molecule has 2 rings (SSSR count). The monoisotopic (exact) mass is 424 g/mol. The number of nitrogens with zero attached hydrogens (tertiary/aromatic N) is 2. The molecule has 0 aromatic heterocycles. The van der Waals surface area contributed by atoms with E-state index in [1.165, 1.54) is 4.31 Å².